The van der Waals surface area contributed by atoms with Gasteiger partial charge >= 0.3 is 0 Å². The van der Waals surface area contributed by atoms with E-state index < -0.39 is 0 Å². The number of pyridine rings is 1. The summed E-state index contributed by atoms with van der Waals surface area (Å²) in [6.07, 6.45) is 4.22. The molecule has 3 heterocycles. The zero-order chi connectivity index (χ0) is 26.8. The smallest absolute Gasteiger partial charge is 0.196 e. The third kappa shape index (κ3) is 5.14. The minimum Gasteiger partial charge on any atom is -0.365 e. The third-order valence-corrected chi connectivity index (χ3v) is 7.80. The molecule has 2 aromatic carbocycles. The van der Waals surface area contributed by atoms with E-state index in [4.69, 9.17) is 9.97 Å². The summed E-state index contributed by atoms with van der Waals surface area (Å²) in [5, 5.41) is 3.56. The number of carbonyl (C=O) groups excluding carboxylic acids is 1. The molecule has 0 spiro atoms. The minimum absolute atomic E-state index is 0.0809. The van der Waals surface area contributed by atoms with Gasteiger partial charge in [-0.2, -0.15) is 3.89 Å². The van der Waals surface area contributed by atoms with Crippen molar-refractivity contribution in [3.63, 3.8) is 0 Å². The molecule has 0 radical (unpaired) electrons. The molecule has 3 aromatic heterocycles. The van der Waals surface area contributed by atoms with Crippen molar-refractivity contribution in [2.24, 2.45) is 5.92 Å². The van der Waals surface area contributed by atoms with Gasteiger partial charge in [0, 0.05) is 23.0 Å². The van der Waals surface area contributed by atoms with E-state index in [1.165, 1.54) is 19.3 Å². The molecule has 1 saturated carbocycles. The zero-order valence-corrected chi connectivity index (χ0v) is 22.2. The van der Waals surface area contributed by atoms with Crippen LogP contribution in [0.2, 0.25) is 0 Å². The number of nitrogens with zero attached hydrogens (tertiary/aromatic N) is 5. The van der Waals surface area contributed by atoms with Gasteiger partial charge in [0.05, 0.1) is 17.8 Å². The molecule has 1 fully saturated rings. The highest BCUT2D eigenvalue weighted by Crippen LogP contribution is 2.34. The number of nitrogens with one attached hydrogen (secondary N) is 1. The molecule has 1 aliphatic rings. The Morgan fingerprint density at radius 1 is 0.974 bits per heavy atom. The molecule has 196 valence electrons. The minimum atomic E-state index is 0.0809. The van der Waals surface area contributed by atoms with Crippen LogP contribution in [0.25, 0.3) is 33.9 Å². The van der Waals surface area contributed by atoms with Crippen molar-refractivity contribution in [3.05, 3.63) is 84.2 Å². The van der Waals surface area contributed by atoms with Gasteiger partial charge in [0.25, 0.3) is 0 Å². The Kier molecular flexibility index (Phi) is 7.06. The Morgan fingerprint density at radius 3 is 2.44 bits per heavy atom. The van der Waals surface area contributed by atoms with Crippen molar-refractivity contribution in [3.8, 4) is 22.8 Å². The molecule has 5 aromatic rings. The predicted molar refractivity (Wildman–Crippen MR) is 152 cm³/mol. The Balaban J connectivity index is 1.52. The highest BCUT2D eigenvalue weighted by molar-refractivity contribution is 7.94. The number of fused-ring (bicyclic) bond motifs is 1. The third-order valence-electron chi connectivity index (χ3n) is 7.35. The molecule has 6 rings (SSSR count). The zero-order valence-electron chi connectivity index (χ0n) is 21.4. The number of benzene rings is 2. The lowest BCUT2D eigenvalue weighted by Crippen LogP contribution is -2.31. The molecular formula is C30H27FN6OS. The summed E-state index contributed by atoms with van der Waals surface area (Å²) in [7, 11) is 0. The van der Waals surface area contributed by atoms with E-state index in [-0.39, 0.29) is 24.0 Å². The van der Waals surface area contributed by atoms with E-state index in [0.29, 0.717) is 52.1 Å². The maximum absolute atomic E-state index is 13.1. The van der Waals surface area contributed by atoms with Crippen LogP contribution in [0.15, 0.2) is 77.7 Å². The molecule has 1 N–H and O–H groups in total. The lowest BCUT2D eigenvalue weighted by atomic mass is 9.80. The Morgan fingerprint density at radius 2 is 1.74 bits per heavy atom. The van der Waals surface area contributed by atoms with Crippen LogP contribution in [-0.2, 0) is 6.54 Å². The molecule has 1 aliphatic carbocycles. The summed E-state index contributed by atoms with van der Waals surface area (Å²) in [6.45, 7) is 2.59. The maximum Gasteiger partial charge on any atom is 0.196 e. The monoisotopic (exact) mass is 538 g/mol. The molecule has 1 atom stereocenters. The van der Waals surface area contributed by atoms with Crippen molar-refractivity contribution < 1.29 is 8.68 Å². The van der Waals surface area contributed by atoms with Crippen molar-refractivity contribution >= 4 is 35.4 Å². The number of aromatic nitrogens is 5. The SMILES string of the molecule is C[C@@H](Nc1nc(C=O)nc2nc(-c3cccc(-c4ccccc4)n3)n(Cc3ccc(SF)cc3)c12)C1CCC1. The van der Waals surface area contributed by atoms with Crippen molar-refractivity contribution in [2.45, 2.75) is 43.7 Å². The van der Waals surface area contributed by atoms with E-state index in [9.17, 15) is 8.68 Å². The van der Waals surface area contributed by atoms with E-state index in [0.717, 1.165) is 16.8 Å². The summed E-state index contributed by atoms with van der Waals surface area (Å²) in [5.41, 5.74) is 4.60. The average molecular weight is 539 g/mol. The molecule has 0 aliphatic heterocycles. The van der Waals surface area contributed by atoms with Gasteiger partial charge in [0.15, 0.2) is 29.4 Å². The van der Waals surface area contributed by atoms with E-state index in [1.807, 2.05) is 65.2 Å². The van der Waals surface area contributed by atoms with Crippen molar-refractivity contribution in [2.75, 3.05) is 5.32 Å². The van der Waals surface area contributed by atoms with Gasteiger partial charge in [0.1, 0.15) is 11.2 Å². The van der Waals surface area contributed by atoms with E-state index in [1.54, 1.807) is 12.1 Å². The first-order valence-corrected chi connectivity index (χ1v) is 13.7. The average Bonchev–Trinajstić information content (AvgIpc) is 3.31. The highest BCUT2D eigenvalue weighted by Gasteiger charge is 2.27. The van der Waals surface area contributed by atoms with Gasteiger partial charge in [-0.1, -0.05) is 55.0 Å². The van der Waals surface area contributed by atoms with Crippen LogP contribution >= 0.6 is 12.1 Å². The number of hydrogen-bond acceptors (Lipinski definition) is 7. The van der Waals surface area contributed by atoms with Crippen LogP contribution in [0.3, 0.4) is 0 Å². The number of anilines is 1. The van der Waals surface area contributed by atoms with Crippen LogP contribution in [0.4, 0.5) is 9.70 Å². The first kappa shape index (κ1) is 25.2. The first-order chi connectivity index (χ1) is 19.1. The molecule has 0 saturated heterocycles. The molecule has 0 amide bonds. The molecule has 0 bridgehead atoms. The summed E-state index contributed by atoms with van der Waals surface area (Å²) >= 11 is 0.219. The van der Waals surface area contributed by atoms with E-state index in [2.05, 4.69) is 22.2 Å². The summed E-state index contributed by atoms with van der Waals surface area (Å²) in [4.78, 5) is 31.2. The molecule has 39 heavy (non-hydrogen) atoms. The van der Waals surface area contributed by atoms with Gasteiger partial charge in [-0.3, -0.25) is 4.79 Å². The highest BCUT2D eigenvalue weighted by atomic mass is 32.2. The van der Waals surface area contributed by atoms with Gasteiger partial charge in [-0.05, 0) is 55.5 Å². The second-order valence-corrected chi connectivity index (χ2v) is 10.5. The van der Waals surface area contributed by atoms with Crippen LogP contribution in [-0.4, -0.2) is 36.8 Å². The predicted octanol–water partition coefficient (Wildman–Crippen LogP) is 6.99. The topological polar surface area (TPSA) is 85.6 Å². The van der Waals surface area contributed by atoms with Crippen LogP contribution in [0, 0.1) is 5.92 Å². The molecule has 7 nitrogen and oxygen atoms in total. The fraction of sp³-hybridized carbons (Fsp3) is 0.233. The second kappa shape index (κ2) is 10.9. The molecule has 9 heteroatoms. The number of carbonyl (C=O) groups is 1. The molecule has 0 unspecified atom stereocenters. The van der Waals surface area contributed by atoms with Gasteiger partial charge in [-0.25, -0.2) is 19.9 Å². The fourth-order valence-electron chi connectivity index (χ4n) is 4.99. The first-order valence-electron chi connectivity index (χ1n) is 13.0. The number of rotatable bonds is 9. The Bertz CT molecular complexity index is 1620. The largest absolute Gasteiger partial charge is 0.365 e. The number of aldehydes is 1. The quantitative estimate of drug-likeness (QED) is 0.202. The van der Waals surface area contributed by atoms with Crippen molar-refractivity contribution in [1.82, 2.24) is 24.5 Å². The standard InChI is InChI=1S/C30H27FN6OS/c1-19(21-9-5-10-21)32-28-27-29(35-26(18-38)34-28)36-30(37(27)17-20-13-15-23(39-31)16-14-20)25-12-6-11-24(33-25)22-7-3-2-4-8-22/h2-4,6-8,11-16,18-19,21H,5,9-10,17H2,1H3,(H,32,34,35)/t19-/m1/s1. The summed E-state index contributed by atoms with van der Waals surface area (Å²) in [6, 6.07) is 23.3. The molecular weight excluding hydrogens is 511 g/mol. The Labute approximate surface area is 230 Å². The van der Waals surface area contributed by atoms with Gasteiger partial charge in [0.2, 0.25) is 0 Å². The summed E-state index contributed by atoms with van der Waals surface area (Å²) < 4.78 is 15.1. The van der Waals surface area contributed by atoms with Crippen LogP contribution in [0.1, 0.15) is 42.4 Å². The lowest BCUT2D eigenvalue weighted by molar-refractivity contribution is 0.111. The lowest BCUT2D eigenvalue weighted by Gasteiger charge is -2.32. The van der Waals surface area contributed by atoms with Crippen LogP contribution < -0.4 is 5.32 Å². The van der Waals surface area contributed by atoms with Crippen LogP contribution in [0.5, 0.6) is 0 Å². The normalized spacial score (nSPS) is 14.2. The Hall–Kier alpha value is -4.11. The van der Waals surface area contributed by atoms with Gasteiger partial charge < -0.3 is 9.88 Å². The second-order valence-electron chi connectivity index (χ2n) is 9.86. The van der Waals surface area contributed by atoms with E-state index >= 15 is 0 Å². The number of imidazole rings is 1. The number of hydrogen-bond donors (Lipinski definition) is 1. The maximum atomic E-state index is 13.1. The van der Waals surface area contributed by atoms with Gasteiger partial charge in [-0.15, -0.1) is 0 Å². The summed E-state index contributed by atoms with van der Waals surface area (Å²) in [5.74, 6) is 1.83. The fourth-order valence-corrected chi connectivity index (χ4v) is 5.23. The number of halogens is 1. The van der Waals surface area contributed by atoms with Crippen molar-refractivity contribution in [1.29, 1.82) is 0 Å².